The third-order valence-corrected chi connectivity index (χ3v) is 7.09. The molecule has 29 heavy (non-hydrogen) atoms. The third-order valence-electron chi connectivity index (χ3n) is 7.09. The summed E-state index contributed by atoms with van der Waals surface area (Å²) in [4.78, 5) is 14.0. The van der Waals surface area contributed by atoms with Gasteiger partial charge in [-0.15, -0.1) is 0 Å². The monoisotopic (exact) mass is 403 g/mol. The average Bonchev–Trinajstić information content (AvgIpc) is 3.34. The Balaban J connectivity index is 1.65. The van der Waals surface area contributed by atoms with Crippen LogP contribution in [0.5, 0.6) is 11.5 Å². The number of hydrogen-bond donors (Lipinski definition) is 1. The van der Waals surface area contributed by atoms with E-state index in [-0.39, 0.29) is 18.1 Å². The molecule has 1 N–H and O–H groups in total. The molecule has 1 aromatic rings. The Hall–Kier alpha value is -1.95. The molecule has 4 rings (SSSR count). The fourth-order valence-corrected chi connectivity index (χ4v) is 5.21. The molecule has 2 saturated carbocycles. The van der Waals surface area contributed by atoms with Gasteiger partial charge in [0.2, 0.25) is 0 Å². The summed E-state index contributed by atoms with van der Waals surface area (Å²) in [5, 5.41) is 11.1. The van der Waals surface area contributed by atoms with E-state index in [0.717, 1.165) is 42.7 Å². The van der Waals surface area contributed by atoms with Crippen LogP contribution in [0.3, 0.4) is 0 Å². The van der Waals surface area contributed by atoms with Crippen molar-refractivity contribution in [2.24, 2.45) is 11.3 Å². The fraction of sp³-hybridized carbons (Fsp3) is 0.696. The summed E-state index contributed by atoms with van der Waals surface area (Å²) in [6.07, 6.45) is 6.12. The Kier molecular flexibility index (Phi) is 5.65. The van der Waals surface area contributed by atoms with Gasteiger partial charge in [-0.25, -0.2) is 4.79 Å². The number of hydrogen-bond acceptors (Lipinski definition) is 5. The number of benzene rings is 1. The molecule has 6 nitrogen and oxygen atoms in total. The van der Waals surface area contributed by atoms with Gasteiger partial charge in [0.1, 0.15) is 0 Å². The van der Waals surface area contributed by atoms with Gasteiger partial charge in [-0.1, -0.05) is 13.0 Å². The van der Waals surface area contributed by atoms with Gasteiger partial charge in [0, 0.05) is 24.4 Å². The second kappa shape index (κ2) is 8.05. The number of aliphatic hydroxyl groups excluding tert-OH is 1. The molecule has 1 heterocycles. The number of likely N-dealkylation sites (tertiary alicyclic amines) is 1. The zero-order valence-corrected chi connectivity index (χ0v) is 17.7. The summed E-state index contributed by atoms with van der Waals surface area (Å²) in [7, 11) is 3.07. The minimum atomic E-state index is -0.441. The number of carbonyl (C=O) groups excluding carboxylic acids is 1. The number of rotatable bonds is 6. The first-order valence-corrected chi connectivity index (χ1v) is 10.8. The Morgan fingerprint density at radius 2 is 1.90 bits per heavy atom. The number of ether oxygens (including phenoxy) is 3. The summed E-state index contributed by atoms with van der Waals surface area (Å²) < 4.78 is 16.8. The Morgan fingerprint density at radius 3 is 2.52 bits per heavy atom. The average molecular weight is 404 g/mol. The fourth-order valence-electron chi connectivity index (χ4n) is 5.21. The highest BCUT2D eigenvalue weighted by molar-refractivity contribution is 5.68. The van der Waals surface area contributed by atoms with E-state index >= 15 is 0 Å². The molecule has 0 bridgehead atoms. The standard InChI is InChI=1S/C23H33NO5/c1-23(21(25)15-8-9-15)14-24(22(26)28-3)13-18(23)16-10-11-19(27-2)20(12-16)29-17-6-4-5-7-17/h10-12,15,17-18,21,25H,4-9,13-14H2,1-3H3/t18-,21-,23+/m0/s1. The lowest BCUT2D eigenvalue weighted by Gasteiger charge is -2.36. The molecule has 0 spiro atoms. The lowest BCUT2D eigenvalue weighted by Crippen LogP contribution is -2.41. The van der Waals surface area contributed by atoms with Crippen LogP contribution < -0.4 is 9.47 Å². The van der Waals surface area contributed by atoms with Crippen molar-refractivity contribution < 1.29 is 24.1 Å². The van der Waals surface area contributed by atoms with E-state index in [1.54, 1.807) is 12.0 Å². The van der Waals surface area contributed by atoms with Crippen LogP contribution in [0.2, 0.25) is 0 Å². The molecule has 3 fully saturated rings. The minimum absolute atomic E-state index is 0.00836. The Labute approximate surface area is 173 Å². The van der Waals surface area contributed by atoms with Crippen molar-refractivity contribution in [1.29, 1.82) is 0 Å². The van der Waals surface area contributed by atoms with E-state index in [1.165, 1.54) is 20.0 Å². The Morgan fingerprint density at radius 1 is 1.17 bits per heavy atom. The molecular formula is C23H33NO5. The summed E-state index contributed by atoms with van der Waals surface area (Å²) in [5.74, 6) is 1.83. The number of nitrogens with zero attached hydrogens (tertiary/aromatic N) is 1. The van der Waals surface area contributed by atoms with Crippen molar-refractivity contribution in [3.05, 3.63) is 23.8 Å². The Bertz CT molecular complexity index is 743. The van der Waals surface area contributed by atoms with E-state index < -0.39 is 11.5 Å². The van der Waals surface area contributed by atoms with Crippen molar-refractivity contribution in [3.8, 4) is 11.5 Å². The SMILES string of the molecule is COC(=O)N1C[C@@H](c2ccc(OC)c(OC3CCCC3)c2)[C@](C)([C@@H](O)C2CC2)C1. The van der Waals surface area contributed by atoms with Crippen molar-refractivity contribution in [2.75, 3.05) is 27.3 Å². The smallest absolute Gasteiger partial charge is 0.409 e. The van der Waals surface area contributed by atoms with Gasteiger partial charge in [-0.05, 0) is 62.1 Å². The molecule has 6 heteroatoms. The van der Waals surface area contributed by atoms with Crippen LogP contribution in [0.1, 0.15) is 56.9 Å². The maximum Gasteiger partial charge on any atom is 0.409 e. The van der Waals surface area contributed by atoms with Crippen LogP contribution in [0.15, 0.2) is 18.2 Å². The van der Waals surface area contributed by atoms with Crippen LogP contribution >= 0.6 is 0 Å². The first kappa shape index (κ1) is 20.3. The van der Waals surface area contributed by atoms with Crippen molar-refractivity contribution >= 4 is 6.09 Å². The normalized spacial score (nSPS) is 28.4. The lowest BCUT2D eigenvalue weighted by molar-refractivity contribution is 0.0161. The first-order valence-electron chi connectivity index (χ1n) is 10.8. The van der Waals surface area contributed by atoms with Crippen LogP contribution in [-0.4, -0.2) is 55.6 Å². The summed E-state index contributed by atoms with van der Waals surface area (Å²) in [6.45, 7) is 3.13. The first-order chi connectivity index (χ1) is 14.0. The maximum atomic E-state index is 12.3. The lowest BCUT2D eigenvalue weighted by atomic mass is 9.70. The molecule has 160 valence electrons. The number of methoxy groups -OCH3 is 2. The maximum absolute atomic E-state index is 12.3. The molecule has 0 unspecified atom stereocenters. The zero-order chi connectivity index (χ0) is 20.6. The van der Waals surface area contributed by atoms with Crippen LogP contribution in [0.25, 0.3) is 0 Å². The highest BCUT2D eigenvalue weighted by Crippen LogP contribution is 2.52. The van der Waals surface area contributed by atoms with E-state index in [9.17, 15) is 9.90 Å². The van der Waals surface area contributed by atoms with Gasteiger partial charge in [0.05, 0.1) is 26.4 Å². The highest BCUT2D eigenvalue weighted by atomic mass is 16.5. The second-order valence-corrected chi connectivity index (χ2v) is 9.13. The van der Waals surface area contributed by atoms with Crippen molar-refractivity contribution in [1.82, 2.24) is 4.90 Å². The van der Waals surface area contributed by atoms with Crippen molar-refractivity contribution in [3.63, 3.8) is 0 Å². The quantitative estimate of drug-likeness (QED) is 0.779. The molecule has 1 amide bonds. The topological polar surface area (TPSA) is 68.2 Å². The third kappa shape index (κ3) is 3.91. The molecule has 0 aromatic heterocycles. The zero-order valence-electron chi connectivity index (χ0n) is 17.7. The molecule has 1 aliphatic heterocycles. The second-order valence-electron chi connectivity index (χ2n) is 9.13. The number of aliphatic hydroxyl groups is 1. The molecular weight excluding hydrogens is 370 g/mol. The summed E-state index contributed by atoms with van der Waals surface area (Å²) in [6, 6.07) is 6.05. The predicted molar refractivity (Wildman–Crippen MR) is 109 cm³/mol. The van der Waals surface area contributed by atoms with Crippen molar-refractivity contribution in [2.45, 2.75) is 63.6 Å². The van der Waals surface area contributed by atoms with E-state index in [4.69, 9.17) is 14.2 Å². The van der Waals surface area contributed by atoms with Gasteiger partial charge in [-0.3, -0.25) is 0 Å². The van der Waals surface area contributed by atoms with E-state index in [1.807, 2.05) is 12.1 Å². The van der Waals surface area contributed by atoms with Crippen LogP contribution in [-0.2, 0) is 4.74 Å². The van der Waals surface area contributed by atoms with E-state index in [2.05, 4.69) is 13.0 Å². The van der Waals surface area contributed by atoms with Gasteiger partial charge < -0.3 is 24.2 Å². The molecule has 1 saturated heterocycles. The molecule has 1 aromatic carbocycles. The van der Waals surface area contributed by atoms with Gasteiger partial charge >= 0.3 is 6.09 Å². The van der Waals surface area contributed by atoms with Gasteiger partial charge in [0.25, 0.3) is 0 Å². The summed E-state index contributed by atoms with van der Waals surface area (Å²) in [5.41, 5.74) is 0.654. The number of amides is 1. The summed E-state index contributed by atoms with van der Waals surface area (Å²) >= 11 is 0. The van der Waals surface area contributed by atoms with Gasteiger partial charge in [0.15, 0.2) is 11.5 Å². The largest absolute Gasteiger partial charge is 0.493 e. The molecule has 2 aliphatic carbocycles. The minimum Gasteiger partial charge on any atom is -0.493 e. The van der Waals surface area contributed by atoms with Gasteiger partial charge in [-0.2, -0.15) is 0 Å². The van der Waals surface area contributed by atoms with Crippen LogP contribution in [0, 0.1) is 11.3 Å². The molecule has 3 atom stereocenters. The van der Waals surface area contributed by atoms with E-state index in [0.29, 0.717) is 19.0 Å². The highest BCUT2D eigenvalue weighted by Gasteiger charge is 2.54. The number of carbonyl (C=O) groups is 1. The molecule has 3 aliphatic rings. The molecule has 0 radical (unpaired) electrons. The predicted octanol–water partition coefficient (Wildman–Crippen LogP) is 3.96. The van der Waals surface area contributed by atoms with Crippen LogP contribution in [0.4, 0.5) is 4.79 Å².